The van der Waals surface area contributed by atoms with E-state index in [9.17, 15) is 4.39 Å². The number of nitrogens with one attached hydrogen (secondary N) is 1. The molecule has 0 saturated carbocycles. The van der Waals surface area contributed by atoms with Crippen molar-refractivity contribution in [2.45, 2.75) is 6.42 Å². The molecular weight excluding hydrogens is 211 g/mol. The molecule has 1 aromatic carbocycles. The van der Waals surface area contributed by atoms with Crippen LogP contribution in [-0.2, 0) is 6.42 Å². The Hall–Kier alpha value is -1.55. The van der Waals surface area contributed by atoms with E-state index in [1.165, 1.54) is 6.33 Å². The number of hydrogen-bond acceptors (Lipinski definition) is 2. The lowest BCUT2D eigenvalue weighted by atomic mass is 10.1. The van der Waals surface area contributed by atoms with Gasteiger partial charge in [0.1, 0.15) is 0 Å². The minimum Gasteiger partial charge on any atom is -0.347 e. The smallest absolute Gasteiger partial charge is 0.179 e. The van der Waals surface area contributed by atoms with E-state index < -0.39 is 5.82 Å². The molecule has 1 N–H and O–H groups in total. The van der Waals surface area contributed by atoms with Gasteiger partial charge in [0, 0.05) is 6.42 Å². The van der Waals surface area contributed by atoms with Crippen LogP contribution < -0.4 is 0 Å². The second-order valence-electron chi connectivity index (χ2n) is 3.16. The molecule has 0 bridgehead atoms. The van der Waals surface area contributed by atoms with Crippen LogP contribution in [0.2, 0.25) is 0 Å². The van der Waals surface area contributed by atoms with Gasteiger partial charge in [-0.2, -0.15) is 0 Å². The SMILES string of the molecule is Fc1c(Cc2ccccc2)[nH]cnc1=S. The largest absolute Gasteiger partial charge is 0.347 e. The van der Waals surface area contributed by atoms with Crippen LogP contribution in [0.3, 0.4) is 0 Å². The highest BCUT2D eigenvalue weighted by Crippen LogP contribution is 2.10. The molecule has 0 atom stereocenters. The van der Waals surface area contributed by atoms with E-state index in [-0.39, 0.29) is 4.64 Å². The second kappa shape index (κ2) is 4.31. The first-order valence-corrected chi connectivity index (χ1v) is 4.94. The van der Waals surface area contributed by atoms with E-state index in [0.29, 0.717) is 12.1 Å². The first kappa shape index (κ1) is 9.98. The minimum atomic E-state index is -0.434. The normalized spacial score (nSPS) is 10.2. The number of H-pyrrole nitrogens is 1. The summed E-state index contributed by atoms with van der Waals surface area (Å²) in [6.45, 7) is 0. The first-order valence-electron chi connectivity index (χ1n) is 4.53. The molecule has 0 radical (unpaired) electrons. The van der Waals surface area contributed by atoms with Gasteiger partial charge in [0.25, 0.3) is 0 Å². The molecule has 4 heteroatoms. The zero-order chi connectivity index (χ0) is 10.7. The highest BCUT2D eigenvalue weighted by atomic mass is 32.1. The third kappa shape index (κ3) is 2.27. The van der Waals surface area contributed by atoms with Gasteiger partial charge in [0.05, 0.1) is 12.0 Å². The van der Waals surface area contributed by atoms with Crippen LogP contribution in [0.4, 0.5) is 4.39 Å². The Balaban J connectivity index is 2.33. The number of benzene rings is 1. The summed E-state index contributed by atoms with van der Waals surface area (Å²) in [5.41, 5.74) is 1.51. The number of halogens is 1. The molecule has 2 aromatic rings. The van der Waals surface area contributed by atoms with Crippen LogP contribution in [-0.4, -0.2) is 9.97 Å². The number of nitrogens with zero attached hydrogens (tertiary/aromatic N) is 1. The van der Waals surface area contributed by atoms with Gasteiger partial charge >= 0.3 is 0 Å². The van der Waals surface area contributed by atoms with Crippen molar-refractivity contribution in [1.29, 1.82) is 0 Å². The lowest BCUT2D eigenvalue weighted by Gasteiger charge is -2.02. The van der Waals surface area contributed by atoms with E-state index >= 15 is 0 Å². The van der Waals surface area contributed by atoms with Gasteiger partial charge in [-0.05, 0) is 5.56 Å². The van der Waals surface area contributed by atoms with Crippen molar-refractivity contribution < 1.29 is 4.39 Å². The quantitative estimate of drug-likeness (QED) is 0.788. The third-order valence-electron chi connectivity index (χ3n) is 2.10. The molecule has 0 saturated heterocycles. The number of aromatic amines is 1. The Morgan fingerprint density at radius 1 is 1.27 bits per heavy atom. The fourth-order valence-corrected chi connectivity index (χ4v) is 1.52. The van der Waals surface area contributed by atoms with Gasteiger partial charge in [0.2, 0.25) is 0 Å². The molecule has 0 fully saturated rings. The topological polar surface area (TPSA) is 28.7 Å². The van der Waals surface area contributed by atoms with Gasteiger partial charge in [-0.1, -0.05) is 42.5 Å². The van der Waals surface area contributed by atoms with Crippen molar-refractivity contribution in [2.75, 3.05) is 0 Å². The van der Waals surface area contributed by atoms with Crippen LogP contribution in [0.5, 0.6) is 0 Å². The molecule has 2 rings (SSSR count). The van der Waals surface area contributed by atoms with E-state index in [2.05, 4.69) is 9.97 Å². The Labute approximate surface area is 91.8 Å². The van der Waals surface area contributed by atoms with E-state index in [0.717, 1.165) is 5.56 Å². The van der Waals surface area contributed by atoms with Gasteiger partial charge in [-0.25, -0.2) is 9.37 Å². The van der Waals surface area contributed by atoms with Gasteiger partial charge in [-0.15, -0.1) is 0 Å². The molecule has 1 heterocycles. The van der Waals surface area contributed by atoms with Crippen molar-refractivity contribution in [3.8, 4) is 0 Å². The second-order valence-corrected chi connectivity index (χ2v) is 3.55. The molecule has 76 valence electrons. The highest BCUT2D eigenvalue weighted by molar-refractivity contribution is 7.71. The minimum absolute atomic E-state index is 0.0136. The van der Waals surface area contributed by atoms with Crippen LogP contribution in [0.15, 0.2) is 36.7 Å². The summed E-state index contributed by atoms with van der Waals surface area (Å²) in [7, 11) is 0. The van der Waals surface area contributed by atoms with Crippen LogP contribution in [0.1, 0.15) is 11.3 Å². The Morgan fingerprint density at radius 3 is 2.73 bits per heavy atom. The van der Waals surface area contributed by atoms with E-state index in [4.69, 9.17) is 12.2 Å². The maximum Gasteiger partial charge on any atom is 0.179 e. The lowest BCUT2D eigenvalue weighted by Crippen LogP contribution is -1.98. The molecule has 0 aliphatic carbocycles. The molecule has 1 aromatic heterocycles. The average Bonchev–Trinajstić information content (AvgIpc) is 2.26. The Morgan fingerprint density at radius 2 is 2.00 bits per heavy atom. The van der Waals surface area contributed by atoms with Crippen LogP contribution in [0.25, 0.3) is 0 Å². The molecule has 2 nitrogen and oxygen atoms in total. The summed E-state index contributed by atoms with van der Waals surface area (Å²) in [4.78, 5) is 6.44. The van der Waals surface area contributed by atoms with Gasteiger partial charge in [-0.3, -0.25) is 0 Å². The predicted molar refractivity (Wildman–Crippen MR) is 58.6 cm³/mol. The molecule has 0 unspecified atom stereocenters. The molecular formula is C11H9FN2S. The fourth-order valence-electron chi connectivity index (χ4n) is 1.35. The molecule has 0 spiro atoms. The first-order chi connectivity index (χ1) is 7.27. The summed E-state index contributed by atoms with van der Waals surface area (Å²) in [6.07, 6.45) is 1.92. The lowest BCUT2D eigenvalue weighted by molar-refractivity contribution is 0.590. The van der Waals surface area contributed by atoms with Crippen molar-refractivity contribution in [2.24, 2.45) is 0 Å². The van der Waals surface area contributed by atoms with E-state index in [1.54, 1.807) is 0 Å². The maximum absolute atomic E-state index is 13.5. The predicted octanol–water partition coefficient (Wildman–Crippen LogP) is 2.87. The standard InChI is InChI=1S/C11H9FN2S/c12-10-9(13-7-14-11(10)15)6-8-4-2-1-3-5-8/h1-5,7H,6H2,(H,13,14,15). The summed E-state index contributed by atoms with van der Waals surface area (Å²) >= 11 is 4.75. The number of aromatic nitrogens is 2. The van der Waals surface area contributed by atoms with Gasteiger partial charge < -0.3 is 4.98 Å². The molecule has 15 heavy (non-hydrogen) atoms. The fraction of sp³-hybridized carbons (Fsp3) is 0.0909. The van der Waals surface area contributed by atoms with Crippen molar-refractivity contribution in [3.05, 3.63) is 58.4 Å². The number of hydrogen-bond donors (Lipinski definition) is 1. The monoisotopic (exact) mass is 220 g/mol. The van der Waals surface area contributed by atoms with Gasteiger partial charge in [0.15, 0.2) is 10.5 Å². The zero-order valence-corrected chi connectivity index (χ0v) is 8.72. The van der Waals surface area contributed by atoms with Crippen LogP contribution >= 0.6 is 12.2 Å². The van der Waals surface area contributed by atoms with E-state index in [1.807, 2.05) is 30.3 Å². The maximum atomic E-state index is 13.5. The zero-order valence-electron chi connectivity index (χ0n) is 7.90. The highest BCUT2D eigenvalue weighted by Gasteiger charge is 2.04. The number of rotatable bonds is 2. The van der Waals surface area contributed by atoms with Crippen molar-refractivity contribution in [1.82, 2.24) is 9.97 Å². The average molecular weight is 220 g/mol. The Bertz CT molecular complexity index is 507. The van der Waals surface area contributed by atoms with Crippen molar-refractivity contribution in [3.63, 3.8) is 0 Å². The molecule has 0 amide bonds. The molecule has 0 aliphatic heterocycles. The Kier molecular flexibility index (Phi) is 2.87. The third-order valence-corrected chi connectivity index (χ3v) is 2.38. The summed E-state index contributed by atoms with van der Waals surface area (Å²) < 4.78 is 13.5. The van der Waals surface area contributed by atoms with Crippen LogP contribution in [0, 0.1) is 10.5 Å². The summed E-state index contributed by atoms with van der Waals surface area (Å²) in [6, 6.07) is 9.65. The van der Waals surface area contributed by atoms with Crippen molar-refractivity contribution >= 4 is 12.2 Å². The molecule has 0 aliphatic rings. The summed E-state index contributed by atoms with van der Waals surface area (Å²) in [5.74, 6) is -0.434. The summed E-state index contributed by atoms with van der Waals surface area (Å²) in [5, 5.41) is 0.